The van der Waals surface area contributed by atoms with E-state index in [1.165, 1.54) is 48.1 Å². The highest BCUT2D eigenvalue weighted by Gasteiger charge is 2.15. The second-order valence-electron chi connectivity index (χ2n) is 5.28. The highest BCUT2D eigenvalue weighted by atomic mass is 32.1. The zero-order valence-electron chi connectivity index (χ0n) is 11.0. The van der Waals surface area contributed by atoms with E-state index >= 15 is 0 Å². The summed E-state index contributed by atoms with van der Waals surface area (Å²) in [7, 11) is 0. The van der Waals surface area contributed by atoms with Crippen LogP contribution >= 0.6 is 11.3 Å². The van der Waals surface area contributed by atoms with Crippen molar-refractivity contribution < 1.29 is 4.79 Å². The maximum Gasteiger partial charge on any atom is 0.160 e. The lowest BCUT2D eigenvalue weighted by Crippen LogP contribution is -2.03. The van der Waals surface area contributed by atoms with Crippen molar-refractivity contribution in [2.45, 2.75) is 38.0 Å². The van der Waals surface area contributed by atoms with Crippen LogP contribution in [-0.2, 0) is 0 Å². The van der Waals surface area contributed by atoms with E-state index in [0.717, 1.165) is 17.1 Å². The Morgan fingerprint density at radius 1 is 0.947 bits per heavy atom. The highest BCUT2D eigenvalue weighted by Crippen LogP contribution is 2.34. The van der Waals surface area contributed by atoms with Gasteiger partial charge in [-0.25, -0.2) is 0 Å². The van der Waals surface area contributed by atoms with Crippen LogP contribution in [0.5, 0.6) is 0 Å². The van der Waals surface area contributed by atoms with Crippen molar-refractivity contribution in [3.8, 4) is 10.4 Å². The predicted molar refractivity (Wildman–Crippen MR) is 81.0 cm³/mol. The topological polar surface area (TPSA) is 17.1 Å². The molecule has 0 aliphatic heterocycles. The molecule has 1 saturated carbocycles. The lowest BCUT2D eigenvalue weighted by atomic mass is 9.84. The molecule has 0 unspecified atom stereocenters. The van der Waals surface area contributed by atoms with Gasteiger partial charge in [0.05, 0.1) is 4.88 Å². The van der Waals surface area contributed by atoms with Crippen LogP contribution < -0.4 is 0 Å². The Hall–Kier alpha value is -1.41. The molecule has 1 aliphatic carbocycles. The summed E-state index contributed by atoms with van der Waals surface area (Å²) in [6, 6.07) is 12.9. The molecule has 1 aromatic heterocycles. The van der Waals surface area contributed by atoms with Crippen LogP contribution in [0.25, 0.3) is 10.4 Å². The van der Waals surface area contributed by atoms with Crippen LogP contribution in [0.2, 0.25) is 0 Å². The smallest absolute Gasteiger partial charge is 0.160 e. The molecule has 0 N–H and O–H groups in total. The molecule has 1 aromatic carbocycles. The molecule has 0 atom stereocenters. The summed E-state index contributed by atoms with van der Waals surface area (Å²) in [5.41, 5.74) is 2.70. The second kappa shape index (κ2) is 5.70. The molecule has 0 bridgehead atoms. The van der Waals surface area contributed by atoms with E-state index in [1.807, 2.05) is 12.1 Å². The first-order chi connectivity index (χ1) is 9.36. The summed E-state index contributed by atoms with van der Waals surface area (Å²) in [4.78, 5) is 12.7. The van der Waals surface area contributed by atoms with Crippen molar-refractivity contribution in [2.75, 3.05) is 0 Å². The fourth-order valence-electron chi connectivity index (χ4n) is 2.93. The molecule has 0 saturated heterocycles. The zero-order chi connectivity index (χ0) is 13.1. The van der Waals surface area contributed by atoms with Crippen LogP contribution in [0.1, 0.15) is 53.3 Å². The third-order valence-electron chi connectivity index (χ3n) is 4.01. The summed E-state index contributed by atoms with van der Waals surface area (Å²) in [5, 5.41) is 0. The maximum atomic E-state index is 10.7. The normalized spacial score (nSPS) is 16.4. The Balaban J connectivity index is 1.79. The van der Waals surface area contributed by atoms with Gasteiger partial charge in [-0.2, -0.15) is 0 Å². The van der Waals surface area contributed by atoms with E-state index in [1.54, 1.807) is 11.3 Å². The summed E-state index contributed by atoms with van der Waals surface area (Å²) in [6.07, 6.45) is 7.75. The molecular weight excluding hydrogens is 252 g/mol. The average Bonchev–Trinajstić information content (AvgIpc) is 2.97. The van der Waals surface area contributed by atoms with Gasteiger partial charge in [0.1, 0.15) is 0 Å². The number of carbonyl (C=O) groups is 1. The van der Waals surface area contributed by atoms with Gasteiger partial charge in [-0.3, -0.25) is 4.79 Å². The molecule has 0 amide bonds. The van der Waals surface area contributed by atoms with Crippen molar-refractivity contribution in [3.63, 3.8) is 0 Å². The molecule has 98 valence electrons. The van der Waals surface area contributed by atoms with Crippen LogP contribution in [-0.4, -0.2) is 6.29 Å². The average molecular weight is 270 g/mol. The van der Waals surface area contributed by atoms with Crippen LogP contribution in [0.3, 0.4) is 0 Å². The first-order valence-electron chi connectivity index (χ1n) is 7.02. The fraction of sp³-hybridized carbons (Fsp3) is 0.353. The minimum absolute atomic E-state index is 0.761. The van der Waals surface area contributed by atoms with Crippen molar-refractivity contribution in [2.24, 2.45) is 0 Å². The molecule has 19 heavy (non-hydrogen) atoms. The fourth-order valence-corrected chi connectivity index (χ4v) is 3.75. The molecule has 2 heteroatoms. The minimum Gasteiger partial charge on any atom is -0.297 e. The van der Waals surface area contributed by atoms with Crippen LogP contribution in [0.15, 0.2) is 36.4 Å². The van der Waals surface area contributed by atoms with Gasteiger partial charge in [-0.15, -0.1) is 11.3 Å². The van der Waals surface area contributed by atoms with Gasteiger partial charge in [0.2, 0.25) is 0 Å². The Morgan fingerprint density at radius 2 is 1.68 bits per heavy atom. The molecule has 1 aliphatic rings. The lowest BCUT2D eigenvalue weighted by Gasteiger charge is -2.22. The van der Waals surface area contributed by atoms with Gasteiger partial charge < -0.3 is 0 Å². The Morgan fingerprint density at radius 3 is 2.32 bits per heavy atom. The van der Waals surface area contributed by atoms with E-state index in [0.29, 0.717) is 0 Å². The Bertz CT molecular complexity index is 547. The van der Waals surface area contributed by atoms with Gasteiger partial charge in [0, 0.05) is 4.88 Å². The number of benzene rings is 1. The molecule has 1 heterocycles. The SMILES string of the molecule is O=Cc1ccc(-c2ccc(C3CCCCC3)cc2)s1. The van der Waals surface area contributed by atoms with E-state index in [9.17, 15) is 4.79 Å². The van der Waals surface area contributed by atoms with Gasteiger partial charge in [0.15, 0.2) is 6.29 Å². The van der Waals surface area contributed by atoms with E-state index in [4.69, 9.17) is 0 Å². The summed E-state index contributed by atoms with van der Waals surface area (Å²) < 4.78 is 0. The van der Waals surface area contributed by atoms with Crippen molar-refractivity contribution in [3.05, 3.63) is 46.8 Å². The van der Waals surface area contributed by atoms with E-state index < -0.39 is 0 Å². The zero-order valence-corrected chi connectivity index (χ0v) is 11.8. The molecule has 0 spiro atoms. The Labute approximate surface area is 118 Å². The molecule has 1 fully saturated rings. The number of thiophene rings is 1. The summed E-state index contributed by atoms with van der Waals surface area (Å²) >= 11 is 1.56. The predicted octanol–water partition coefficient (Wildman–Crippen LogP) is 5.28. The first kappa shape index (κ1) is 12.6. The largest absolute Gasteiger partial charge is 0.297 e. The van der Waals surface area contributed by atoms with Crippen LogP contribution in [0, 0.1) is 0 Å². The lowest BCUT2D eigenvalue weighted by molar-refractivity contribution is 0.112. The van der Waals surface area contributed by atoms with E-state index in [2.05, 4.69) is 24.3 Å². The highest BCUT2D eigenvalue weighted by molar-refractivity contribution is 7.17. The van der Waals surface area contributed by atoms with Gasteiger partial charge in [-0.1, -0.05) is 43.5 Å². The number of hydrogen-bond acceptors (Lipinski definition) is 2. The maximum absolute atomic E-state index is 10.7. The number of carbonyl (C=O) groups excluding carboxylic acids is 1. The van der Waals surface area contributed by atoms with Crippen LogP contribution in [0.4, 0.5) is 0 Å². The quantitative estimate of drug-likeness (QED) is 0.694. The molecule has 1 nitrogen and oxygen atoms in total. The van der Waals surface area contributed by atoms with Crippen molar-refractivity contribution >= 4 is 17.6 Å². The molecule has 0 radical (unpaired) electrons. The molecular formula is C17H18OS. The van der Waals surface area contributed by atoms with Gasteiger partial charge in [0.25, 0.3) is 0 Å². The first-order valence-corrected chi connectivity index (χ1v) is 7.84. The Kier molecular flexibility index (Phi) is 3.79. The minimum atomic E-state index is 0.761. The molecule has 3 rings (SSSR count). The van der Waals surface area contributed by atoms with Crippen molar-refractivity contribution in [1.29, 1.82) is 0 Å². The number of rotatable bonds is 3. The summed E-state index contributed by atoms with van der Waals surface area (Å²) in [5.74, 6) is 0.761. The summed E-state index contributed by atoms with van der Waals surface area (Å²) in [6.45, 7) is 0. The number of hydrogen-bond donors (Lipinski definition) is 0. The van der Waals surface area contributed by atoms with E-state index in [-0.39, 0.29) is 0 Å². The standard InChI is InChI=1S/C17H18OS/c18-12-16-10-11-17(19-16)15-8-6-14(7-9-15)13-4-2-1-3-5-13/h6-13H,1-5H2. The molecule has 2 aromatic rings. The van der Waals surface area contributed by atoms with Gasteiger partial charge >= 0.3 is 0 Å². The van der Waals surface area contributed by atoms with Gasteiger partial charge in [-0.05, 0) is 42.0 Å². The number of aldehydes is 1. The van der Waals surface area contributed by atoms with Crippen molar-refractivity contribution in [1.82, 2.24) is 0 Å². The monoisotopic (exact) mass is 270 g/mol. The third kappa shape index (κ3) is 2.79. The second-order valence-corrected chi connectivity index (χ2v) is 6.39. The third-order valence-corrected chi connectivity index (χ3v) is 5.07.